The maximum Gasteiger partial charge on any atom is 0.123 e. The number of hydrogen-bond donors (Lipinski definition) is 2. The SMILES string of the molecule is CCCCCc1cc(O)c([C@@H]2C=C(C)C[C@H]2C(C)C)c(O)c1. The van der Waals surface area contributed by atoms with E-state index in [0.29, 0.717) is 11.8 Å². The summed E-state index contributed by atoms with van der Waals surface area (Å²) >= 11 is 0. The van der Waals surface area contributed by atoms with Crippen molar-refractivity contribution in [3.8, 4) is 11.5 Å². The van der Waals surface area contributed by atoms with Gasteiger partial charge < -0.3 is 10.2 Å². The fourth-order valence-electron chi connectivity index (χ4n) is 3.69. The quantitative estimate of drug-likeness (QED) is 0.535. The van der Waals surface area contributed by atoms with Crippen LogP contribution in [0.5, 0.6) is 11.5 Å². The first-order valence-corrected chi connectivity index (χ1v) is 8.66. The lowest BCUT2D eigenvalue weighted by molar-refractivity contribution is 0.350. The number of phenolic OH excluding ortho intramolecular Hbond substituents is 2. The molecule has 0 amide bonds. The van der Waals surface area contributed by atoms with Gasteiger partial charge >= 0.3 is 0 Å². The summed E-state index contributed by atoms with van der Waals surface area (Å²) in [6.45, 7) is 8.76. The van der Waals surface area contributed by atoms with E-state index in [1.807, 2.05) is 12.1 Å². The Morgan fingerprint density at radius 1 is 1.14 bits per heavy atom. The molecule has 0 unspecified atom stereocenters. The molecule has 1 aliphatic rings. The minimum Gasteiger partial charge on any atom is -0.507 e. The maximum atomic E-state index is 10.5. The highest BCUT2D eigenvalue weighted by Gasteiger charge is 2.33. The fraction of sp³-hybridized carbons (Fsp3) is 0.600. The highest BCUT2D eigenvalue weighted by molar-refractivity contribution is 5.51. The summed E-state index contributed by atoms with van der Waals surface area (Å²) in [7, 11) is 0. The van der Waals surface area contributed by atoms with E-state index < -0.39 is 0 Å². The van der Waals surface area contributed by atoms with Crippen LogP contribution < -0.4 is 0 Å². The van der Waals surface area contributed by atoms with E-state index in [9.17, 15) is 10.2 Å². The van der Waals surface area contributed by atoms with Crippen LogP contribution in [0.2, 0.25) is 0 Å². The monoisotopic (exact) mass is 302 g/mol. The molecule has 1 aromatic carbocycles. The largest absolute Gasteiger partial charge is 0.507 e. The first-order chi connectivity index (χ1) is 10.4. The number of benzene rings is 1. The van der Waals surface area contributed by atoms with Crippen LogP contribution in [0.25, 0.3) is 0 Å². The zero-order valence-corrected chi connectivity index (χ0v) is 14.4. The van der Waals surface area contributed by atoms with Gasteiger partial charge in [-0.2, -0.15) is 0 Å². The van der Waals surface area contributed by atoms with Crippen LogP contribution in [0.15, 0.2) is 23.8 Å². The molecule has 1 aromatic rings. The molecule has 0 fully saturated rings. The van der Waals surface area contributed by atoms with Crippen LogP contribution in [0.1, 0.15) is 70.4 Å². The van der Waals surface area contributed by atoms with Crippen LogP contribution in [0.3, 0.4) is 0 Å². The third-order valence-electron chi connectivity index (χ3n) is 4.94. The van der Waals surface area contributed by atoms with Crippen molar-refractivity contribution >= 4 is 0 Å². The smallest absolute Gasteiger partial charge is 0.123 e. The van der Waals surface area contributed by atoms with Gasteiger partial charge in [-0.05, 0) is 55.7 Å². The van der Waals surface area contributed by atoms with Crippen LogP contribution in [-0.4, -0.2) is 10.2 Å². The summed E-state index contributed by atoms with van der Waals surface area (Å²) < 4.78 is 0. The average molecular weight is 302 g/mol. The molecule has 0 spiro atoms. The van der Waals surface area contributed by atoms with Crippen LogP contribution >= 0.6 is 0 Å². The highest BCUT2D eigenvalue weighted by atomic mass is 16.3. The highest BCUT2D eigenvalue weighted by Crippen LogP contribution is 2.48. The van der Waals surface area contributed by atoms with Gasteiger partial charge in [-0.25, -0.2) is 0 Å². The molecule has 122 valence electrons. The Morgan fingerprint density at radius 2 is 1.77 bits per heavy atom. The molecule has 0 saturated heterocycles. The first-order valence-electron chi connectivity index (χ1n) is 8.66. The summed E-state index contributed by atoms with van der Waals surface area (Å²) in [5.74, 6) is 1.63. The van der Waals surface area contributed by atoms with Crippen LogP contribution in [0.4, 0.5) is 0 Å². The molecule has 0 saturated carbocycles. The molecule has 1 aliphatic carbocycles. The molecule has 2 N–H and O–H groups in total. The minimum absolute atomic E-state index is 0.129. The van der Waals surface area contributed by atoms with E-state index in [4.69, 9.17) is 0 Å². The lowest BCUT2D eigenvalue weighted by atomic mass is 9.80. The Morgan fingerprint density at radius 3 is 2.32 bits per heavy atom. The molecule has 2 heteroatoms. The number of hydrogen-bond acceptors (Lipinski definition) is 2. The fourth-order valence-corrected chi connectivity index (χ4v) is 3.69. The average Bonchev–Trinajstić information content (AvgIpc) is 2.80. The van der Waals surface area contributed by atoms with Crippen molar-refractivity contribution in [1.29, 1.82) is 0 Å². The predicted octanol–water partition coefficient (Wildman–Crippen LogP) is 5.54. The zero-order chi connectivity index (χ0) is 16.3. The molecule has 0 heterocycles. The van der Waals surface area contributed by atoms with Gasteiger partial charge in [0.05, 0.1) is 0 Å². The standard InChI is InChI=1S/C20H30O2/c1-5-6-7-8-15-11-18(21)20(19(22)12-15)17-10-14(4)9-16(17)13(2)3/h10-13,16-17,21-22H,5-9H2,1-4H3/t16-,17+/m0/s1. The van der Waals surface area contributed by atoms with E-state index >= 15 is 0 Å². The van der Waals surface area contributed by atoms with E-state index in [-0.39, 0.29) is 17.4 Å². The van der Waals surface area contributed by atoms with Crippen molar-refractivity contribution < 1.29 is 10.2 Å². The third-order valence-corrected chi connectivity index (χ3v) is 4.94. The Balaban J connectivity index is 2.27. The second kappa shape index (κ2) is 7.21. The molecule has 2 atom stereocenters. The van der Waals surface area contributed by atoms with E-state index in [2.05, 4.69) is 33.8 Å². The number of rotatable bonds is 6. The van der Waals surface area contributed by atoms with E-state index in [0.717, 1.165) is 30.4 Å². The lowest BCUT2D eigenvalue weighted by Gasteiger charge is -2.25. The molecular formula is C20H30O2. The Bertz CT molecular complexity index is 520. The van der Waals surface area contributed by atoms with E-state index in [1.165, 1.54) is 18.4 Å². The molecular weight excluding hydrogens is 272 g/mol. The van der Waals surface area contributed by atoms with Crippen molar-refractivity contribution in [3.63, 3.8) is 0 Å². The summed E-state index contributed by atoms with van der Waals surface area (Å²) in [4.78, 5) is 0. The topological polar surface area (TPSA) is 40.5 Å². The number of allylic oxidation sites excluding steroid dienone is 2. The van der Waals surface area contributed by atoms with Gasteiger partial charge in [0.25, 0.3) is 0 Å². The first kappa shape index (κ1) is 16.9. The Hall–Kier alpha value is -1.44. The van der Waals surface area contributed by atoms with Crippen LogP contribution in [0, 0.1) is 11.8 Å². The molecule has 0 bridgehead atoms. The Labute approximate surface area is 134 Å². The second-order valence-corrected chi connectivity index (χ2v) is 7.16. The van der Waals surface area contributed by atoms with E-state index in [1.54, 1.807) is 0 Å². The second-order valence-electron chi connectivity index (χ2n) is 7.16. The number of phenols is 2. The van der Waals surface area contributed by atoms with Gasteiger partial charge in [0.1, 0.15) is 11.5 Å². The summed E-state index contributed by atoms with van der Waals surface area (Å²) in [6, 6.07) is 3.70. The minimum atomic E-state index is 0.129. The third kappa shape index (κ3) is 3.66. The number of aryl methyl sites for hydroxylation is 1. The van der Waals surface area contributed by atoms with Gasteiger partial charge in [0, 0.05) is 11.5 Å². The molecule has 2 rings (SSSR count). The Kier molecular flexibility index (Phi) is 5.55. The predicted molar refractivity (Wildman–Crippen MR) is 92.4 cm³/mol. The lowest BCUT2D eigenvalue weighted by Crippen LogP contribution is -2.13. The van der Waals surface area contributed by atoms with Gasteiger partial charge in [-0.15, -0.1) is 0 Å². The summed E-state index contributed by atoms with van der Waals surface area (Å²) in [6.07, 6.45) is 7.66. The van der Waals surface area contributed by atoms with Gasteiger partial charge in [-0.1, -0.05) is 45.3 Å². The van der Waals surface area contributed by atoms with Crippen molar-refractivity contribution in [2.24, 2.45) is 11.8 Å². The molecule has 2 nitrogen and oxygen atoms in total. The van der Waals surface area contributed by atoms with Crippen molar-refractivity contribution in [1.82, 2.24) is 0 Å². The van der Waals surface area contributed by atoms with Crippen molar-refractivity contribution in [2.45, 2.75) is 65.7 Å². The summed E-state index contributed by atoms with van der Waals surface area (Å²) in [5.41, 5.74) is 3.11. The molecule has 22 heavy (non-hydrogen) atoms. The molecule has 0 aromatic heterocycles. The summed E-state index contributed by atoms with van der Waals surface area (Å²) in [5, 5.41) is 21.0. The zero-order valence-electron chi connectivity index (χ0n) is 14.4. The van der Waals surface area contributed by atoms with Gasteiger partial charge in [-0.3, -0.25) is 0 Å². The van der Waals surface area contributed by atoms with Gasteiger partial charge in [0.2, 0.25) is 0 Å². The van der Waals surface area contributed by atoms with Gasteiger partial charge in [0.15, 0.2) is 0 Å². The number of aromatic hydroxyl groups is 2. The van der Waals surface area contributed by atoms with Crippen molar-refractivity contribution in [3.05, 3.63) is 34.9 Å². The van der Waals surface area contributed by atoms with Crippen molar-refractivity contribution in [2.75, 3.05) is 0 Å². The molecule has 0 radical (unpaired) electrons. The molecule has 0 aliphatic heterocycles. The number of unbranched alkanes of at least 4 members (excludes halogenated alkanes) is 2. The van der Waals surface area contributed by atoms with Crippen LogP contribution in [-0.2, 0) is 6.42 Å². The normalized spacial score (nSPS) is 21.4. The maximum absolute atomic E-state index is 10.5.